The van der Waals surface area contributed by atoms with Crippen molar-refractivity contribution in [3.8, 4) is 0 Å². The molecule has 0 saturated heterocycles. The predicted octanol–water partition coefficient (Wildman–Crippen LogP) is 4.07. The van der Waals surface area contributed by atoms with E-state index in [0.29, 0.717) is 5.56 Å². The van der Waals surface area contributed by atoms with Gasteiger partial charge in [0, 0.05) is 23.1 Å². The summed E-state index contributed by atoms with van der Waals surface area (Å²) in [6.45, 7) is 0. The van der Waals surface area contributed by atoms with Crippen molar-refractivity contribution in [2.45, 2.75) is 15.0 Å². The first-order chi connectivity index (χ1) is 15.8. The van der Waals surface area contributed by atoms with Gasteiger partial charge in [0.25, 0.3) is 11.8 Å². The minimum atomic E-state index is -3.34. The minimum Gasteiger partial charge on any atom is -0.267 e. The van der Waals surface area contributed by atoms with Crippen LogP contribution in [0.5, 0.6) is 0 Å². The van der Waals surface area contributed by atoms with Gasteiger partial charge in [-0.2, -0.15) is 0 Å². The Hall–Kier alpha value is -3.21. The number of aromatic nitrogens is 1. The molecule has 0 aliphatic rings. The van der Waals surface area contributed by atoms with Gasteiger partial charge in [-0.3, -0.25) is 20.4 Å². The van der Waals surface area contributed by atoms with Crippen LogP contribution in [0.15, 0.2) is 82.0 Å². The Morgan fingerprint density at radius 1 is 0.879 bits per heavy atom. The van der Waals surface area contributed by atoms with Crippen LogP contribution in [0.1, 0.15) is 26.3 Å². The summed E-state index contributed by atoms with van der Waals surface area (Å²) in [5.74, 6) is -0.282. The molecule has 0 unspecified atom stereocenters. The van der Waals surface area contributed by atoms with Crippen LogP contribution < -0.4 is 10.9 Å². The van der Waals surface area contributed by atoms with E-state index in [4.69, 9.17) is 0 Å². The molecule has 0 bridgehead atoms. The maximum Gasteiger partial charge on any atom is 0.269 e. The summed E-state index contributed by atoms with van der Waals surface area (Å²) in [4.78, 5) is 29.3. The number of hydrogen-bond donors (Lipinski definition) is 2. The van der Waals surface area contributed by atoms with Crippen molar-refractivity contribution in [2.75, 3.05) is 6.26 Å². The van der Waals surface area contributed by atoms with Crippen molar-refractivity contribution in [3.05, 3.63) is 89.5 Å². The lowest BCUT2D eigenvalue weighted by molar-refractivity contribution is 0.0846. The van der Waals surface area contributed by atoms with Crippen LogP contribution in [0.2, 0.25) is 0 Å². The molecule has 2 amide bonds. The lowest BCUT2D eigenvalue weighted by Gasteiger charge is -2.08. The van der Waals surface area contributed by atoms with Gasteiger partial charge in [0.15, 0.2) is 14.2 Å². The van der Waals surface area contributed by atoms with Crippen LogP contribution in [-0.2, 0) is 15.6 Å². The summed E-state index contributed by atoms with van der Waals surface area (Å²) in [6, 6.07) is 20.6. The van der Waals surface area contributed by atoms with E-state index < -0.39 is 21.7 Å². The van der Waals surface area contributed by atoms with Crippen LogP contribution in [0.3, 0.4) is 0 Å². The van der Waals surface area contributed by atoms with E-state index in [1.165, 1.54) is 24.3 Å². The van der Waals surface area contributed by atoms with Crippen LogP contribution in [0.25, 0.3) is 10.2 Å². The van der Waals surface area contributed by atoms with Crippen molar-refractivity contribution in [2.24, 2.45) is 0 Å². The third-order valence-electron chi connectivity index (χ3n) is 4.69. The average molecular weight is 498 g/mol. The Morgan fingerprint density at radius 3 is 2.03 bits per heavy atom. The van der Waals surface area contributed by atoms with Gasteiger partial charge in [-0.1, -0.05) is 36.0 Å². The van der Waals surface area contributed by atoms with Crippen molar-refractivity contribution >= 4 is 55.0 Å². The summed E-state index contributed by atoms with van der Waals surface area (Å²) in [5.41, 5.74) is 7.36. The third-order valence-corrected chi connectivity index (χ3v) is 8.07. The summed E-state index contributed by atoms with van der Waals surface area (Å²) in [7, 11) is -3.34. The van der Waals surface area contributed by atoms with Crippen molar-refractivity contribution in [1.29, 1.82) is 0 Å². The maximum absolute atomic E-state index is 12.3. The molecule has 0 aliphatic heterocycles. The average Bonchev–Trinajstić information content (AvgIpc) is 3.24. The highest BCUT2D eigenvalue weighted by Crippen LogP contribution is 2.31. The fraction of sp³-hybridized carbons (Fsp3) is 0.0870. The number of nitrogens with zero attached hydrogens (tertiary/aromatic N) is 1. The summed E-state index contributed by atoms with van der Waals surface area (Å²) in [6.07, 6.45) is 1.09. The number of benzene rings is 3. The molecule has 1 aromatic heterocycles. The van der Waals surface area contributed by atoms with Gasteiger partial charge in [-0.25, -0.2) is 13.4 Å². The van der Waals surface area contributed by atoms with E-state index in [2.05, 4.69) is 15.8 Å². The van der Waals surface area contributed by atoms with Gasteiger partial charge in [0.1, 0.15) is 0 Å². The number of hydrogen-bond acceptors (Lipinski definition) is 7. The number of sulfone groups is 1. The number of para-hydroxylation sites is 1. The Labute approximate surface area is 199 Å². The molecule has 7 nitrogen and oxygen atoms in total. The highest BCUT2D eigenvalue weighted by molar-refractivity contribution is 8.00. The van der Waals surface area contributed by atoms with Crippen LogP contribution in [0, 0.1) is 0 Å². The van der Waals surface area contributed by atoms with Gasteiger partial charge >= 0.3 is 0 Å². The molecule has 4 aromatic rings. The fourth-order valence-corrected chi connectivity index (χ4v) is 5.58. The zero-order chi connectivity index (χ0) is 23.4. The quantitative estimate of drug-likeness (QED) is 0.307. The highest BCUT2D eigenvalue weighted by atomic mass is 32.2. The molecular weight excluding hydrogens is 478 g/mol. The summed E-state index contributed by atoms with van der Waals surface area (Å²) >= 11 is 3.29. The third kappa shape index (κ3) is 5.78. The number of thioether (sulfide) groups is 1. The minimum absolute atomic E-state index is 0.115. The summed E-state index contributed by atoms with van der Waals surface area (Å²) in [5, 5.41) is 0. The van der Waals surface area contributed by atoms with Gasteiger partial charge in [0.2, 0.25) is 0 Å². The standard InChI is InChI=1S/C23H19N3O4S3/c1-33(29,30)18-12-10-17(11-13-18)22(28)26-25-21(27)16-8-6-15(7-9-16)14-31-23-24-19-4-2-3-5-20(19)32-23/h2-13H,14H2,1H3,(H,25,27)(H,26,28). The van der Waals surface area contributed by atoms with E-state index >= 15 is 0 Å². The molecule has 0 fully saturated rings. The first kappa shape index (κ1) is 23.0. The zero-order valence-corrected chi connectivity index (χ0v) is 19.9. The molecule has 3 aromatic carbocycles. The van der Waals surface area contributed by atoms with E-state index in [1.54, 1.807) is 35.2 Å². The first-order valence-corrected chi connectivity index (χ1v) is 13.5. The number of fused-ring (bicyclic) bond motifs is 1. The largest absolute Gasteiger partial charge is 0.269 e. The van der Waals surface area contributed by atoms with Gasteiger partial charge in [-0.15, -0.1) is 11.3 Å². The van der Waals surface area contributed by atoms with Gasteiger partial charge in [-0.05, 0) is 54.1 Å². The maximum atomic E-state index is 12.3. The Morgan fingerprint density at radius 2 is 1.45 bits per heavy atom. The second-order valence-corrected chi connectivity index (χ2v) is 11.4. The van der Waals surface area contributed by atoms with Crippen LogP contribution in [-0.4, -0.2) is 31.5 Å². The lowest BCUT2D eigenvalue weighted by Crippen LogP contribution is -2.41. The highest BCUT2D eigenvalue weighted by Gasteiger charge is 2.12. The zero-order valence-electron chi connectivity index (χ0n) is 17.4. The lowest BCUT2D eigenvalue weighted by atomic mass is 10.1. The molecule has 0 radical (unpaired) electrons. The molecular formula is C23H19N3O4S3. The number of amides is 2. The van der Waals surface area contributed by atoms with Crippen LogP contribution in [0.4, 0.5) is 0 Å². The molecule has 0 spiro atoms. The summed E-state index contributed by atoms with van der Waals surface area (Å²) < 4.78 is 25.1. The van der Waals surface area contributed by atoms with E-state index in [9.17, 15) is 18.0 Å². The van der Waals surface area contributed by atoms with Crippen molar-refractivity contribution < 1.29 is 18.0 Å². The SMILES string of the molecule is CS(=O)(=O)c1ccc(C(=O)NNC(=O)c2ccc(CSc3nc4ccccc4s3)cc2)cc1. The number of nitrogens with one attached hydrogen (secondary N) is 2. The van der Waals surface area contributed by atoms with Crippen molar-refractivity contribution in [1.82, 2.24) is 15.8 Å². The number of thiazole rings is 1. The number of rotatable bonds is 6. The van der Waals surface area contributed by atoms with Crippen LogP contribution >= 0.6 is 23.1 Å². The second kappa shape index (κ2) is 9.74. The Kier molecular flexibility index (Phi) is 6.77. The molecule has 2 N–H and O–H groups in total. The van der Waals surface area contributed by atoms with E-state index in [-0.39, 0.29) is 10.5 Å². The number of hydrazine groups is 1. The Bertz CT molecular complexity index is 1380. The number of carbonyl (C=O) groups is 2. The molecule has 4 rings (SSSR count). The molecule has 0 aliphatic carbocycles. The molecule has 0 atom stereocenters. The van der Waals surface area contributed by atoms with Gasteiger partial charge < -0.3 is 0 Å². The second-order valence-electron chi connectivity index (χ2n) is 7.14. The predicted molar refractivity (Wildman–Crippen MR) is 130 cm³/mol. The number of carbonyl (C=O) groups excluding carboxylic acids is 2. The van der Waals surface area contributed by atoms with E-state index in [1.807, 2.05) is 36.4 Å². The smallest absolute Gasteiger partial charge is 0.267 e. The molecule has 33 heavy (non-hydrogen) atoms. The Balaban J connectivity index is 1.30. The molecule has 0 saturated carbocycles. The molecule has 10 heteroatoms. The fourth-order valence-electron chi connectivity index (χ4n) is 2.92. The van der Waals surface area contributed by atoms with Crippen molar-refractivity contribution in [3.63, 3.8) is 0 Å². The first-order valence-electron chi connectivity index (χ1n) is 9.78. The normalized spacial score (nSPS) is 11.3. The van der Waals surface area contributed by atoms with Gasteiger partial charge in [0.05, 0.1) is 15.1 Å². The molecule has 1 heterocycles. The molecule has 168 valence electrons. The van der Waals surface area contributed by atoms with E-state index in [0.717, 1.165) is 32.1 Å². The topological polar surface area (TPSA) is 105 Å². The monoisotopic (exact) mass is 497 g/mol.